The molecule has 0 atom stereocenters. The van der Waals surface area contributed by atoms with Gasteiger partial charge >= 0.3 is 0 Å². The van der Waals surface area contributed by atoms with Crippen molar-refractivity contribution in [3.05, 3.63) is 108 Å². The normalized spacial score (nSPS) is 11.3. The third-order valence-electron chi connectivity index (χ3n) is 4.11. The molecule has 116 valence electrons. The predicted octanol–water partition coefficient (Wildman–Crippen LogP) is 5.10. The first-order valence-corrected chi connectivity index (χ1v) is 8.13. The smallest absolute Gasteiger partial charge is 0.137 e. The molecular formula is C22H18N2. The molecule has 0 aliphatic heterocycles. The Labute approximate surface area is 141 Å². The molecule has 2 heteroatoms. The largest absolute Gasteiger partial charge is 0.303 e. The summed E-state index contributed by atoms with van der Waals surface area (Å²) in [7, 11) is 0. The molecule has 2 nitrogen and oxygen atoms in total. The zero-order chi connectivity index (χ0) is 16.2. The number of benzene rings is 2. The molecule has 0 aliphatic rings. The van der Waals surface area contributed by atoms with Crippen LogP contribution in [-0.4, -0.2) is 9.38 Å². The van der Waals surface area contributed by atoms with Crippen LogP contribution in [0.5, 0.6) is 0 Å². The summed E-state index contributed by atoms with van der Waals surface area (Å²) in [5.41, 5.74) is 5.69. The molecule has 0 fully saturated rings. The molecule has 2 aromatic carbocycles. The summed E-state index contributed by atoms with van der Waals surface area (Å²) in [6.07, 6.45) is 7.18. The average Bonchev–Trinajstić information content (AvgIpc) is 2.99. The molecule has 0 spiro atoms. The quantitative estimate of drug-likeness (QED) is 0.513. The summed E-state index contributed by atoms with van der Waals surface area (Å²) >= 11 is 0. The van der Waals surface area contributed by atoms with E-state index < -0.39 is 0 Å². The fourth-order valence-electron chi connectivity index (χ4n) is 2.90. The fraction of sp³-hybridized carbons (Fsp3) is 0.0455. The van der Waals surface area contributed by atoms with Crippen molar-refractivity contribution in [3.63, 3.8) is 0 Å². The molecule has 0 bridgehead atoms. The molecule has 0 saturated carbocycles. The van der Waals surface area contributed by atoms with E-state index in [4.69, 9.17) is 4.98 Å². The maximum absolute atomic E-state index is 4.80. The van der Waals surface area contributed by atoms with Gasteiger partial charge in [0.25, 0.3) is 0 Å². The maximum Gasteiger partial charge on any atom is 0.137 e. The minimum Gasteiger partial charge on any atom is -0.303 e. The third-order valence-corrected chi connectivity index (χ3v) is 4.11. The first kappa shape index (κ1) is 14.5. The summed E-state index contributed by atoms with van der Waals surface area (Å²) < 4.78 is 2.18. The van der Waals surface area contributed by atoms with Crippen LogP contribution in [0.4, 0.5) is 0 Å². The first-order chi connectivity index (χ1) is 11.9. The van der Waals surface area contributed by atoms with Gasteiger partial charge < -0.3 is 4.40 Å². The van der Waals surface area contributed by atoms with Crippen molar-refractivity contribution < 1.29 is 0 Å². The molecule has 0 radical (unpaired) electrons. The van der Waals surface area contributed by atoms with Gasteiger partial charge in [0.2, 0.25) is 0 Å². The molecule has 4 aromatic rings. The van der Waals surface area contributed by atoms with Gasteiger partial charge in [-0.15, -0.1) is 0 Å². The van der Waals surface area contributed by atoms with Gasteiger partial charge in [0.05, 0.1) is 11.4 Å². The van der Waals surface area contributed by atoms with E-state index in [2.05, 4.69) is 59.1 Å². The first-order valence-electron chi connectivity index (χ1n) is 8.13. The maximum atomic E-state index is 4.80. The van der Waals surface area contributed by atoms with Crippen LogP contribution in [0.1, 0.15) is 22.5 Å². The SMILES string of the molecule is C(=C\c1nc2ccccn2c1Cc1ccccc1)/c1ccccc1. The highest BCUT2D eigenvalue weighted by Crippen LogP contribution is 2.19. The Balaban J connectivity index is 1.77. The monoisotopic (exact) mass is 310 g/mol. The molecule has 2 heterocycles. The van der Waals surface area contributed by atoms with Gasteiger partial charge in [-0.25, -0.2) is 4.98 Å². The molecule has 0 unspecified atom stereocenters. The Morgan fingerprint density at radius 2 is 1.46 bits per heavy atom. The second-order valence-corrected chi connectivity index (χ2v) is 5.78. The number of fused-ring (bicyclic) bond motifs is 1. The predicted molar refractivity (Wildman–Crippen MR) is 99.8 cm³/mol. The van der Waals surface area contributed by atoms with Crippen molar-refractivity contribution in [2.75, 3.05) is 0 Å². The van der Waals surface area contributed by atoms with E-state index in [1.165, 1.54) is 16.8 Å². The van der Waals surface area contributed by atoms with Crippen LogP contribution >= 0.6 is 0 Å². The molecule has 0 N–H and O–H groups in total. The average molecular weight is 310 g/mol. The Hall–Kier alpha value is -3.13. The molecular weight excluding hydrogens is 292 g/mol. The third kappa shape index (κ3) is 2.99. The van der Waals surface area contributed by atoms with Gasteiger partial charge in [-0.1, -0.05) is 72.8 Å². The van der Waals surface area contributed by atoms with Crippen LogP contribution in [0.15, 0.2) is 85.1 Å². The zero-order valence-electron chi connectivity index (χ0n) is 13.3. The number of aromatic nitrogens is 2. The lowest BCUT2D eigenvalue weighted by Gasteiger charge is -2.03. The Morgan fingerprint density at radius 1 is 0.750 bits per heavy atom. The van der Waals surface area contributed by atoms with Crippen molar-refractivity contribution in [3.8, 4) is 0 Å². The summed E-state index contributed by atoms with van der Waals surface area (Å²) in [5, 5.41) is 0. The minimum atomic E-state index is 0.862. The number of imidazole rings is 1. The molecule has 4 rings (SSSR count). The minimum absolute atomic E-state index is 0.862. The van der Waals surface area contributed by atoms with Crippen molar-refractivity contribution in [1.82, 2.24) is 9.38 Å². The summed E-state index contributed by atoms with van der Waals surface area (Å²) in [6.45, 7) is 0. The van der Waals surface area contributed by atoms with Gasteiger partial charge in [-0.2, -0.15) is 0 Å². The Kier molecular flexibility index (Phi) is 3.95. The topological polar surface area (TPSA) is 17.3 Å². The van der Waals surface area contributed by atoms with Crippen molar-refractivity contribution in [2.24, 2.45) is 0 Å². The number of nitrogens with zero attached hydrogens (tertiary/aromatic N) is 2. The lowest BCUT2D eigenvalue weighted by Crippen LogP contribution is -1.96. The van der Waals surface area contributed by atoms with Gasteiger partial charge in [-0.3, -0.25) is 0 Å². The van der Waals surface area contributed by atoms with Crippen LogP contribution in [0.2, 0.25) is 0 Å². The lowest BCUT2D eigenvalue weighted by molar-refractivity contribution is 1.02. The van der Waals surface area contributed by atoms with Gasteiger partial charge in [0, 0.05) is 12.6 Å². The molecule has 24 heavy (non-hydrogen) atoms. The summed E-state index contributed by atoms with van der Waals surface area (Å²) in [4.78, 5) is 4.80. The van der Waals surface area contributed by atoms with Crippen LogP contribution in [-0.2, 0) is 6.42 Å². The lowest BCUT2D eigenvalue weighted by atomic mass is 10.1. The van der Waals surface area contributed by atoms with Gasteiger partial charge in [0.15, 0.2) is 0 Å². The van der Waals surface area contributed by atoms with E-state index >= 15 is 0 Å². The summed E-state index contributed by atoms with van der Waals surface area (Å²) in [5.74, 6) is 0. The van der Waals surface area contributed by atoms with E-state index in [0.29, 0.717) is 0 Å². The zero-order valence-corrected chi connectivity index (χ0v) is 13.3. The van der Waals surface area contributed by atoms with Crippen LogP contribution in [0.25, 0.3) is 17.8 Å². The van der Waals surface area contributed by atoms with Crippen LogP contribution < -0.4 is 0 Å². The number of hydrogen-bond acceptors (Lipinski definition) is 1. The van der Waals surface area contributed by atoms with E-state index in [9.17, 15) is 0 Å². The van der Waals surface area contributed by atoms with Crippen molar-refractivity contribution in [2.45, 2.75) is 6.42 Å². The fourth-order valence-corrected chi connectivity index (χ4v) is 2.90. The van der Waals surface area contributed by atoms with E-state index in [1.54, 1.807) is 0 Å². The highest BCUT2D eigenvalue weighted by Gasteiger charge is 2.10. The van der Waals surface area contributed by atoms with Crippen LogP contribution in [0, 0.1) is 0 Å². The second kappa shape index (κ2) is 6.55. The van der Waals surface area contributed by atoms with Crippen molar-refractivity contribution >= 4 is 17.8 Å². The molecule has 0 saturated heterocycles. The van der Waals surface area contributed by atoms with E-state index in [1.807, 2.05) is 42.5 Å². The van der Waals surface area contributed by atoms with Gasteiger partial charge in [0.1, 0.15) is 5.65 Å². The van der Waals surface area contributed by atoms with Gasteiger partial charge in [-0.05, 0) is 29.3 Å². The van der Waals surface area contributed by atoms with E-state index in [-0.39, 0.29) is 0 Å². The molecule has 0 aliphatic carbocycles. The number of rotatable bonds is 4. The number of hydrogen-bond donors (Lipinski definition) is 0. The number of pyridine rings is 1. The second-order valence-electron chi connectivity index (χ2n) is 5.78. The highest BCUT2D eigenvalue weighted by molar-refractivity contribution is 5.70. The Morgan fingerprint density at radius 3 is 2.25 bits per heavy atom. The van der Waals surface area contributed by atoms with Crippen LogP contribution in [0.3, 0.4) is 0 Å². The highest BCUT2D eigenvalue weighted by atomic mass is 15.0. The molecule has 2 aromatic heterocycles. The van der Waals surface area contributed by atoms with Crippen molar-refractivity contribution in [1.29, 1.82) is 0 Å². The molecule has 0 amide bonds. The standard InChI is InChI=1S/C22H18N2/c1-3-9-18(10-4-1)14-15-20-21(17-19-11-5-2-6-12-19)24-16-8-7-13-22(24)23-20/h1-16H,17H2/b15-14+. The van der Waals surface area contributed by atoms with E-state index in [0.717, 1.165) is 17.8 Å². The summed E-state index contributed by atoms with van der Waals surface area (Å²) in [6, 6.07) is 27.0. The Bertz CT molecular complexity index is 967.